The molecule has 0 spiro atoms. The van der Waals surface area contributed by atoms with Gasteiger partial charge in [-0.3, -0.25) is 4.79 Å². The lowest BCUT2D eigenvalue weighted by molar-refractivity contribution is 0.0934. The normalized spacial score (nSPS) is 21.9. The molecule has 4 nitrogen and oxygen atoms in total. The van der Waals surface area contributed by atoms with Gasteiger partial charge in [0, 0.05) is 14.9 Å². The van der Waals surface area contributed by atoms with E-state index in [0.29, 0.717) is 10.4 Å². The van der Waals surface area contributed by atoms with E-state index in [9.17, 15) is 9.90 Å². The Morgan fingerprint density at radius 3 is 2.63 bits per heavy atom. The van der Waals surface area contributed by atoms with Crippen molar-refractivity contribution in [2.75, 3.05) is 5.32 Å². The number of thiophene rings is 1. The topological polar surface area (TPSA) is 61.4 Å². The summed E-state index contributed by atoms with van der Waals surface area (Å²) in [6, 6.07) is 3.46. The molecule has 3 N–H and O–H groups in total. The SMILES string of the molecule is CC(C)(C)[C@@H]1CCc2c(sc3c2C(=O)N[C@@H](c2cc(O)c(Br)cc2Br)N3)C1. The molecule has 1 aliphatic heterocycles. The average molecular weight is 514 g/mol. The fourth-order valence-electron chi connectivity index (χ4n) is 3.97. The van der Waals surface area contributed by atoms with Gasteiger partial charge in [0.2, 0.25) is 0 Å². The van der Waals surface area contributed by atoms with Crippen LogP contribution >= 0.6 is 43.2 Å². The number of hydrogen-bond donors (Lipinski definition) is 3. The number of nitrogens with one attached hydrogen (secondary N) is 2. The van der Waals surface area contributed by atoms with Gasteiger partial charge in [-0.15, -0.1) is 11.3 Å². The molecular weight excluding hydrogens is 492 g/mol. The zero-order valence-corrected chi connectivity index (χ0v) is 19.4. The molecule has 27 heavy (non-hydrogen) atoms. The first kappa shape index (κ1) is 19.3. The van der Waals surface area contributed by atoms with Gasteiger partial charge in [-0.05, 0) is 64.2 Å². The average Bonchev–Trinajstić information content (AvgIpc) is 2.95. The number of amides is 1. The minimum atomic E-state index is -0.378. The standard InChI is InChI=1S/C20H22Br2N2O2S/c1-20(2,3)9-4-5-10-15(6-9)27-19-16(10)18(26)23-17(24-19)11-7-14(25)13(22)8-12(11)21/h7-9,17,24-25H,4-6H2,1-3H3,(H,23,26)/t9-,17-/m1/s1. The van der Waals surface area contributed by atoms with Gasteiger partial charge in [0.1, 0.15) is 16.9 Å². The van der Waals surface area contributed by atoms with Gasteiger partial charge in [-0.25, -0.2) is 0 Å². The van der Waals surface area contributed by atoms with Crippen molar-refractivity contribution < 1.29 is 9.90 Å². The Balaban J connectivity index is 1.68. The molecule has 1 aromatic carbocycles. The highest BCUT2D eigenvalue weighted by molar-refractivity contribution is 9.11. The lowest BCUT2D eigenvalue weighted by atomic mass is 9.72. The van der Waals surface area contributed by atoms with Crippen LogP contribution in [0.2, 0.25) is 0 Å². The summed E-state index contributed by atoms with van der Waals surface area (Å²) in [7, 11) is 0. The van der Waals surface area contributed by atoms with Gasteiger partial charge >= 0.3 is 0 Å². The first-order valence-electron chi connectivity index (χ1n) is 9.05. The molecule has 0 saturated heterocycles. The molecule has 0 fully saturated rings. The quantitative estimate of drug-likeness (QED) is 0.439. The molecule has 144 valence electrons. The van der Waals surface area contributed by atoms with Crippen molar-refractivity contribution in [3.8, 4) is 5.75 Å². The summed E-state index contributed by atoms with van der Waals surface area (Å²) < 4.78 is 1.43. The van der Waals surface area contributed by atoms with Crippen LogP contribution in [0.25, 0.3) is 0 Å². The summed E-state index contributed by atoms with van der Waals surface area (Å²) in [6.45, 7) is 6.90. The van der Waals surface area contributed by atoms with E-state index in [4.69, 9.17) is 0 Å². The van der Waals surface area contributed by atoms with E-state index in [1.165, 1.54) is 10.4 Å². The van der Waals surface area contributed by atoms with Crippen molar-refractivity contribution in [2.24, 2.45) is 11.3 Å². The highest BCUT2D eigenvalue weighted by Gasteiger charge is 2.36. The van der Waals surface area contributed by atoms with Crippen LogP contribution in [0.15, 0.2) is 21.1 Å². The second kappa shape index (κ2) is 6.78. The van der Waals surface area contributed by atoms with Crippen LogP contribution in [0.4, 0.5) is 5.00 Å². The Bertz CT molecular complexity index is 933. The number of hydrogen-bond acceptors (Lipinski definition) is 4. The van der Waals surface area contributed by atoms with E-state index in [1.54, 1.807) is 23.5 Å². The molecule has 1 aliphatic carbocycles. The second-order valence-corrected chi connectivity index (χ2v) is 11.2. The number of phenols is 1. The van der Waals surface area contributed by atoms with Gasteiger partial charge in [0.05, 0.1) is 10.0 Å². The molecule has 0 bridgehead atoms. The third-order valence-corrected chi connectivity index (χ3v) is 8.15. The summed E-state index contributed by atoms with van der Waals surface area (Å²) in [5, 5.41) is 17.5. The van der Waals surface area contributed by atoms with E-state index < -0.39 is 0 Å². The minimum Gasteiger partial charge on any atom is -0.507 e. The van der Waals surface area contributed by atoms with Gasteiger partial charge in [0.15, 0.2) is 0 Å². The first-order chi connectivity index (χ1) is 12.6. The van der Waals surface area contributed by atoms with E-state index >= 15 is 0 Å². The third kappa shape index (κ3) is 3.42. The van der Waals surface area contributed by atoms with Crippen LogP contribution in [0, 0.1) is 11.3 Å². The molecule has 1 aromatic heterocycles. The van der Waals surface area contributed by atoms with Crippen molar-refractivity contribution >= 4 is 54.1 Å². The predicted octanol–water partition coefficient (Wildman–Crippen LogP) is 5.98. The van der Waals surface area contributed by atoms with E-state index in [0.717, 1.165) is 39.9 Å². The smallest absolute Gasteiger partial charge is 0.256 e. The van der Waals surface area contributed by atoms with Gasteiger partial charge in [-0.2, -0.15) is 0 Å². The van der Waals surface area contributed by atoms with Gasteiger partial charge in [-0.1, -0.05) is 36.7 Å². The van der Waals surface area contributed by atoms with Crippen LogP contribution in [0.5, 0.6) is 5.75 Å². The molecule has 2 aliphatic rings. The zero-order valence-electron chi connectivity index (χ0n) is 15.5. The number of halogens is 2. The molecule has 0 radical (unpaired) electrons. The summed E-state index contributed by atoms with van der Waals surface area (Å²) in [4.78, 5) is 14.3. The Morgan fingerprint density at radius 2 is 1.93 bits per heavy atom. The molecule has 0 saturated carbocycles. The van der Waals surface area contributed by atoms with Crippen molar-refractivity contribution in [1.29, 1.82) is 0 Å². The van der Waals surface area contributed by atoms with Gasteiger partial charge in [0.25, 0.3) is 5.91 Å². The zero-order chi connectivity index (χ0) is 19.5. The first-order valence-corrected chi connectivity index (χ1v) is 11.4. The van der Waals surface area contributed by atoms with Crippen LogP contribution in [-0.2, 0) is 12.8 Å². The maximum Gasteiger partial charge on any atom is 0.256 e. The Labute approximate surface area is 180 Å². The van der Waals surface area contributed by atoms with E-state index in [-0.39, 0.29) is 23.2 Å². The van der Waals surface area contributed by atoms with Crippen LogP contribution in [0.3, 0.4) is 0 Å². The van der Waals surface area contributed by atoms with Crippen molar-refractivity contribution in [1.82, 2.24) is 5.32 Å². The fourth-order valence-corrected chi connectivity index (χ4v) is 6.54. The number of aromatic hydroxyl groups is 1. The third-order valence-electron chi connectivity index (χ3n) is 5.65. The molecule has 4 rings (SSSR count). The summed E-state index contributed by atoms with van der Waals surface area (Å²) in [6.07, 6.45) is 2.75. The number of rotatable bonds is 1. The molecule has 1 amide bonds. The molecule has 2 atom stereocenters. The minimum absolute atomic E-state index is 0.0326. The number of carbonyl (C=O) groups is 1. The monoisotopic (exact) mass is 512 g/mol. The van der Waals surface area contributed by atoms with Crippen molar-refractivity contribution in [2.45, 2.75) is 46.2 Å². The molecule has 7 heteroatoms. The van der Waals surface area contributed by atoms with Crippen LogP contribution < -0.4 is 10.6 Å². The molecular formula is C20H22Br2N2O2S. The maximum atomic E-state index is 12.9. The van der Waals surface area contributed by atoms with Crippen LogP contribution in [-0.4, -0.2) is 11.0 Å². The number of phenolic OH excluding ortho intramolecular Hbond substituents is 1. The summed E-state index contributed by atoms with van der Waals surface area (Å²) in [5.74, 6) is 0.754. The molecule has 2 aromatic rings. The lowest BCUT2D eigenvalue weighted by Gasteiger charge is -2.34. The predicted molar refractivity (Wildman–Crippen MR) is 117 cm³/mol. The Morgan fingerprint density at radius 1 is 1.19 bits per heavy atom. The second-order valence-electron chi connectivity index (χ2n) is 8.39. The number of carbonyl (C=O) groups excluding carboxylic acids is 1. The van der Waals surface area contributed by atoms with E-state index in [2.05, 4.69) is 63.3 Å². The lowest BCUT2D eigenvalue weighted by Crippen LogP contribution is -2.38. The highest BCUT2D eigenvalue weighted by Crippen LogP contribution is 2.46. The Hall–Kier alpha value is -1.05. The van der Waals surface area contributed by atoms with Crippen molar-refractivity contribution in [3.05, 3.63) is 42.6 Å². The summed E-state index contributed by atoms with van der Waals surface area (Å²) in [5.41, 5.74) is 3.11. The number of benzene rings is 1. The van der Waals surface area contributed by atoms with Gasteiger partial charge < -0.3 is 15.7 Å². The van der Waals surface area contributed by atoms with E-state index in [1.807, 2.05) is 0 Å². The largest absolute Gasteiger partial charge is 0.507 e. The Kier molecular flexibility index (Phi) is 4.84. The van der Waals surface area contributed by atoms with Crippen molar-refractivity contribution in [3.63, 3.8) is 0 Å². The molecule has 0 unspecified atom stereocenters. The maximum absolute atomic E-state index is 12.9. The fraction of sp³-hybridized carbons (Fsp3) is 0.450. The number of anilines is 1. The highest BCUT2D eigenvalue weighted by atomic mass is 79.9. The number of fused-ring (bicyclic) bond motifs is 3. The summed E-state index contributed by atoms with van der Waals surface area (Å²) >= 11 is 8.56. The molecule has 2 heterocycles. The van der Waals surface area contributed by atoms with Crippen LogP contribution in [0.1, 0.15) is 59.7 Å².